The highest BCUT2D eigenvalue weighted by molar-refractivity contribution is 7.92. The van der Waals surface area contributed by atoms with Gasteiger partial charge in [-0.05, 0) is 37.3 Å². The van der Waals surface area contributed by atoms with Gasteiger partial charge in [0.05, 0.1) is 25.1 Å². The van der Waals surface area contributed by atoms with Crippen LogP contribution in [0.15, 0.2) is 65.5 Å². The molecular formula is C22H24N4O6S. The summed E-state index contributed by atoms with van der Waals surface area (Å²) in [4.78, 5) is 24.8. The normalized spacial score (nSPS) is 11.0. The van der Waals surface area contributed by atoms with E-state index in [9.17, 15) is 18.0 Å². The van der Waals surface area contributed by atoms with E-state index in [0.29, 0.717) is 11.4 Å². The molecule has 0 radical (unpaired) electrons. The van der Waals surface area contributed by atoms with Crippen molar-refractivity contribution < 1.29 is 22.7 Å². The molecule has 1 aromatic heterocycles. The molecule has 11 heteroatoms. The quantitative estimate of drug-likeness (QED) is 0.463. The van der Waals surface area contributed by atoms with E-state index in [-0.39, 0.29) is 41.6 Å². The molecule has 0 saturated carbocycles. The highest BCUT2D eigenvalue weighted by atomic mass is 32.2. The number of aromatic nitrogens is 2. The molecule has 0 unspecified atom stereocenters. The second kappa shape index (κ2) is 10.6. The van der Waals surface area contributed by atoms with Crippen molar-refractivity contribution in [3.8, 4) is 11.5 Å². The van der Waals surface area contributed by atoms with Gasteiger partial charge in [0.25, 0.3) is 11.5 Å². The van der Waals surface area contributed by atoms with Crippen LogP contribution in [0.2, 0.25) is 0 Å². The van der Waals surface area contributed by atoms with E-state index in [4.69, 9.17) is 9.47 Å². The summed E-state index contributed by atoms with van der Waals surface area (Å²) in [7, 11) is -2.10. The number of hydrogen-bond donors (Lipinski definition) is 2. The lowest BCUT2D eigenvalue weighted by atomic mass is 10.2. The molecule has 1 amide bonds. The Morgan fingerprint density at radius 3 is 2.55 bits per heavy atom. The van der Waals surface area contributed by atoms with Crippen LogP contribution in [0.5, 0.6) is 11.5 Å². The summed E-state index contributed by atoms with van der Waals surface area (Å²) >= 11 is 0. The summed E-state index contributed by atoms with van der Waals surface area (Å²) in [5.41, 5.74) is 0.284. The summed E-state index contributed by atoms with van der Waals surface area (Å²) in [6.07, 6.45) is 0. The Labute approximate surface area is 191 Å². The fraction of sp³-hybridized carbons (Fsp3) is 0.227. The predicted molar refractivity (Wildman–Crippen MR) is 124 cm³/mol. The van der Waals surface area contributed by atoms with Gasteiger partial charge in [0, 0.05) is 17.8 Å². The smallest absolute Gasteiger partial charge is 0.276 e. The third-order valence-corrected chi connectivity index (χ3v) is 5.81. The number of sulfonamides is 1. The minimum absolute atomic E-state index is 0.0315. The number of nitrogens with one attached hydrogen (secondary N) is 2. The number of carbonyl (C=O) groups is 1. The average Bonchev–Trinajstić information content (AvgIpc) is 2.81. The second-order valence-electron chi connectivity index (χ2n) is 6.82. The third kappa shape index (κ3) is 6.56. The van der Waals surface area contributed by atoms with Crippen LogP contribution in [-0.2, 0) is 16.6 Å². The van der Waals surface area contributed by atoms with Crippen molar-refractivity contribution >= 4 is 27.3 Å². The van der Waals surface area contributed by atoms with Crippen molar-refractivity contribution in [1.29, 1.82) is 0 Å². The second-order valence-corrected chi connectivity index (χ2v) is 8.83. The number of methoxy groups -OCH3 is 1. The lowest BCUT2D eigenvalue weighted by Crippen LogP contribution is -2.28. The summed E-state index contributed by atoms with van der Waals surface area (Å²) in [5, 5.41) is 6.77. The molecule has 0 fully saturated rings. The molecule has 0 bridgehead atoms. The van der Waals surface area contributed by atoms with Crippen LogP contribution in [-0.4, -0.2) is 43.6 Å². The molecule has 0 saturated heterocycles. The van der Waals surface area contributed by atoms with Gasteiger partial charge in [0.2, 0.25) is 10.0 Å². The minimum Gasteiger partial charge on any atom is -0.494 e. The van der Waals surface area contributed by atoms with Crippen molar-refractivity contribution in [1.82, 2.24) is 9.78 Å². The first-order valence-corrected chi connectivity index (χ1v) is 11.7. The Morgan fingerprint density at radius 2 is 1.85 bits per heavy atom. The maximum atomic E-state index is 12.7. The van der Waals surface area contributed by atoms with Crippen LogP contribution < -0.4 is 25.1 Å². The first kappa shape index (κ1) is 23.8. The van der Waals surface area contributed by atoms with Gasteiger partial charge in [0.15, 0.2) is 0 Å². The number of carbonyl (C=O) groups excluding carboxylic acids is 1. The molecule has 0 spiro atoms. The zero-order valence-corrected chi connectivity index (χ0v) is 19.0. The molecule has 0 aliphatic heterocycles. The molecule has 0 aliphatic carbocycles. The number of anilines is 2. The summed E-state index contributed by atoms with van der Waals surface area (Å²) in [5.74, 6) is 0.266. The van der Waals surface area contributed by atoms with Gasteiger partial charge in [0.1, 0.15) is 23.8 Å². The van der Waals surface area contributed by atoms with E-state index in [1.807, 2.05) is 18.2 Å². The number of amides is 1. The molecule has 1 heterocycles. The van der Waals surface area contributed by atoms with Crippen molar-refractivity contribution in [2.45, 2.75) is 13.5 Å². The minimum atomic E-state index is -3.49. The van der Waals surface area contributed by atoms with Gasteiger partial charge < -0.3 is 14.8 Å². The van der Waals surface area contributed by atoms with Crippen LogP contribution in [0.1, 0.15) is 17.4 Å². The van der Waals surface area contributed by atoms with Gasteiger partial charge >= 0.3 is 0 Å². The van der Waals surface area contributed by atoms with E-state index >= 15 is 0 Å². The van der Waals surface area contributed by atoms with Crippen LogP contribution in [0.25, 0.3) is 0 Å². The fourth-order valence-electron chi connectivity index (χ4n) is 2.79. The van der Waals surface area contributed by atoms with Crippen LogP contribution >= 0.6 is 0 Å². The summed E-state index contributed by atoms with van der Waals surface area (Å²) < 4.78 is 38.0. The Hall–Kier alpha value is -3.86. The van der Waals surface area contributed by atoms with E-state index in [0.717, 1.165) is 4.68 Å². The zero-order chi connectivity index (χ0) is 23.8. The summed E-state index contributed by atoms with van der Waals surface area (Å²) in [6.45, 7) is 1.88. The van der Waals surface area contributed by atoms with Gasteiger partial charge in [-0.2, -0.15) is 5.10 Å². The summed E-state index contributed by atoms with van der Waals surface area (Å²) in [6, 6.07) is 16.2. The number of rotatable bonds is 10. The fourth-order valence-corrected chi connectivity index (χ4v) is 3.43. The SMILES string of the molecule is CCS(=O)(=O)Nc1ccc(NC(=O)c2ccc(=O)n(CCOc3ccccc3)n2)cc1OC. The molecular weight excluding hydrogens is 448 g/mol. The number of para-hydroxylation sites is 1. The number of nitrogens with zero attached hydrogens (tertiary/aromatic N) is 2. The van der Waals surface area contributed by atoms with E-state index in [2.05, 4.69) is 15.1 Å². The van der Waals surface area contributed by atoms with Gasteiger partial charge in [-0.25, -0.2) is 13.1 Å². The molecule has 33 heavy (non-hydrogen) atoms. The van der Waals surface area contributed by atoms with E-state index in [1.165, 1.54) is 44.4 Å². The van der Waals surface area contributed by atoms with Crippen molar-refractivity contribution in [2.24, 2.45) is 0 Å². The maximum Gasteiger partial charge on any atom is 0.276 e. The lowest BCUT2D eigenvalue weighted by Gasteiger charge is -2.13. The number of ether oxygens (including phenoxy) is 2. The van der Waals surface area contributed by atoms with Crippen molar-refractivity contribution in [2.75, 3.05) is 29.5 Å². The third-order valence-electron chi connectivity index (χ3n) is 4.52. The van der Waals surface area contributed by atoms with Crippen LogP contribution in [0.4, 0.5) is 11.4 Å². The number of benzene rings is 2. The van der Waals surface area contributed by atoms with Crippen LogP contribution in [0.3, 0.4) is 0 Å². The van der Waals surface area contributed by atoms with E-state index < -0.39 is 15.9 Å². The van der Waals surface area contributed by atoms with Crippen molar-refractivity contribution in [3.63, 3.8) is 0 Å². The maximum absolute atomic E-state index is 12.7. The Balaban J connectivity index is 1.69. The first-order chi connectivity index (χ1) is 15.8. The average molecular weight is 473 g/mol. The molecule has 3 aromatic rings. The standard InChI is InChI=1S/C22H24N4O6S/c1-3-33(29,30)25-18-10-9-16(15-20(18)31-2)23-22(28)19-11-12-21(27)26(24-19)13-14-32-17-7-5-4-6-8-17/h4-12,15,25H,3,13-14H2,1-2H3,(H,23,28). The molecule has 10 nitrogen and oxygen atoms in total. The Kier molecular flexibility index (Phi) is 7.67. The Morgan fingerprint density at radius 1 is 1.09 bits per heavy atom. The highest BCUT2D eigenvalue weighted by Gasteiger charge is 2.14. The van der Waals surface area contributed by atoms with Gasteiger partial charge in [-0.15, -0.1) is 0 Å². The van der Waals surface area contributed by atoms with Gasteiger partial charge in [-0.3, -0.25) is 14.3 Å². The first-order valence-electron chi connectivity index (χ1n) is 10.1. The molecule has 2 aromatic carbocycles. The molecule has 2 N–H and O–H groups in total. The van der Waals surface area contributed by atoms with Crippen molar-refractivity contribution in [3.05, 3.63) is 76.7 Å². The number of hydrogen-bond acceptors (Lipinski definition) is 7. The molecule has 174 valence electrons. The molecule has 0 atom stereocenters. The topological polar surface area (TPSA) is 129 Å². The van der Waals surface area contributed by atoms with E-state index in [1.54, 1.807) is 12.1 Å². The lowest BCUT2D eigenvalue weighted by molar-refractivity contribution is 0.101. The monoisotopic (exact) mass is 472 g/mol. The zero-order valence-electron chi connectivity index (χ0n) is 18.1. The predicted octanol–water partition coefficient (Wildman–Crippen LogP) is 2.34. The Bertz CT molecular complexity index is 1280. The van der Waals surface area contributed by atoms with Gasteiger partial charge in [-0.1, -0.05) is 18.2 Å². The molecule has 0 aliphatic rings. The highest BCUT2D eigenvalue weighted by Crippen LogP contribution is 2.29. The largest absolute Gasteiger partial charge is 0.494 e. The van der Waals surface area contributed by atoms with Crippen LogP contribution in [0, 0.1) is 0 Å². The molecule has 3 rings (SSSR count).